The fourth-order valence-corrected chi connectivity index (χ4v) is 1.91. The summed E-state index contributed by atoms with van der Waals surface area (Å²) in [6, 6.07) is 0.316. The summed E-state index contributed by atoms with van der Waals surface area (Å²) in [6.45, 7) is 3.75. The monoisotopic (exact) mass is 235 g/mol. The molecule has 0 saturated carbocycles. The third-order valence-electron chi connectivity index (χ3n) is 2.22. The van der Waals surface area contributed by atoms with Crippen molar-refractivity contribution in [1.29, 1.82) is 0 Å². The third kappa shape index (κ3) is 5.39. The van der Waals surface area contributed by atoms with Gasteiger partial charge in [-0.2, -0.15) is 11.8 Å². The van der Waals surface area contributed by atoms with Crippen LogP contribution in [-0.4, -0.2) is 48.4 Å². The molecule has 0 saturated heterocycles. The van der Waals surface area contributed by atoms with Gasteiger partial charge in [0, 0.05) is 18.3 Å². The molecule has 0 radical (unpaired) electrons. The van der Waals surface area contributed by atoms with Crippen molar-refractivity contribution in [3.8, 4) is 0 Å². The molecule has 15 heavy (non-hydrogen) atoms. The SMILES string of the molecule is CCC(CSC)NCC(C)(O)C(=O)OC. The lowest BCUT2D eigenvalue weighted by Crippen LogP contribution is -2.48. The first-order chi connectivity index (χ1) is 6.97. The zero-order valence-corrected chi connectivity index (χ0v) is 10.7. The van der Waals surface area contributed by atoms with Gasteiger partial charge in [-0.3, -0.25) is 0 Å². The van der Waals surface area contributed by atoms with Crippen molar-refractivity contribution in [1.82, 2.24) is 5.32 Å². The Kier molecular flexibility index (Phi) is 6.96. The molecule has 5 heteroatoms. The molecule has 0 aromatic heterocycles. The van der Waals surface area contributed by atoms with Gasteiger partial charge in [0.15, 0.2) is 5.60 Å². The maximum Gasteiger partial charge on any atom is 0.338 e. The van der Waals surface area contributed by atoms with Crippen molar-refractivity contribution < 1.29 is 14.6 Å². The zero-order chi connectivity index (χ0) is 11.9. The van der Waals surface area contributed by atoms with E-state index in [2.05, 4.69) is 17.0 Å². The van der Waals surface area contributed by atoms with E-state index in [0.717, 1.165) is 12.2 Å². The average Bonchev–Trinajstić information content (AvgIpc) is 2.22. The minimum atomic E-state index is -1.44. The van der Waals surface area contributed by atoms with E-state index in [1.807, 2.05) is 6.26 Å². The van der Waals surface area contributed by atoms with Crippen molar-refractivity contribution in [2.24, 2.45) is 0 Å². The first-order valence-corrected chi connectivity index (χ1v) is 6.40. The van der Waals surface area contributed by atoms with Crippen LogP contribution in [0.2, 0.25) is 0 Å². The van der Waals surface area contributed by atoms with Gasteiger partial charge in [-0.15, -0.1) is 0 Å². The van der Waals surface area contributed by atoms with E-state index in [1.54, 1.807) is 11.8 Å². The van der Waals surface area contributed by atoms with Crippen LogP contribution >= 0.6 is 11.8 Å². The Hall–Kier alpha value is -0.260. The molecule has 0 aliphatic heterocycles. The van der Waals surface area contributed by atoms with E-state index in [4.69, 9.17) is 0 Å². The molecule has 90 valence electrons. The van der Waals surface area contributed by atoms with Crippen LogP contribution in [0.3, 0.4) is 0 Å². The van der Waals surface area contributed by atoms with E-state index in [1.165, 1.54) is 14.0 Å². The van der Waals surface area contributed by atoms with Crippen molar-refractivity contribution in [2.75, 3.05) is 25.7 Å². The van der Waals surface area contributed by atoms with Gasteiger partial charge < -0.3 is 15.2 Å². The summed E-state index contributed by atoms with van der Waals surface area (Å²) in [5.74, 6) is 0.363. The maximum atomic E-state index is 11.2. The summed E-state index contributed by atoms with van der Waals surface area (Å²) >= 11 is 1.74. The second-order valence-electron chi connectivity index (χ2n) is 3.71. The number of aliphatic hydroxyl groups is 1. The number of hydrogen-bond acceptors (Lipinski definition) is 5. The number of thioether (sulfide) groups is 1. The second-order valence-corrected chi connectivity index (χ2v) is 4.62. The predicted molar refractivity (Wildman–Crippen MR) is 63.1 cm³/mol. The van der Waals surface area contributed by atoms with Gasteiger partial charge in [0.05, 0.1) is 7.11 Å². The van der Waals surface area contributed by atoms with Gasteiger partial charge >= 0.3 is 5.97 Å². The fraction of sp³-hybridized carbons (Fsp3) is 0.900. The average molecular weight is 235 g/mol. The van der Waals surface area contributed by atoms with Crippen LogP contribution in [0.1, 0.15) is 20.3 Å². The van der Waals surface area contributed by atoms with E-state index >= 15 is 0 Å². The number of carbonyl (C=O) groups is 1. The summed E-state index contributed by atoms with van der Waals surface area (Å²) in [7, 11) is 1.27. The Bertz CT molecular complexity index is 197. The van der Waals surface area contributed by atoms with Gasteiger partial charge in [-0.25, -0.2) is 4.79 Å². The lowest BCUT2D eigenvalue weighted by Gasteiger charge is -2.24. The molecule has 0 aliphatic rings. The Morgan fingerprint density at radius 3 is 2.67 bits per heavy atom. The highest BCUT2D eigenvalue weighted by atomic mass is 32.2. The fourth-order valence-electron chi connectivity index (χ4n) is 1.16. The molecular formula is C10H21NO3S. The van der Waals surface area contributed by atoms with Crippen LogP contribution in [0.25, 0.3) is 0 Å². The Balaban J connectivity index is 4.05. The largest absolute Gasteiger partial charge is 0.467 e. The lowest BCUT2D eigenvalue weighted by molar-refractivity contribution is -0.160. The quantitative estimate of drug-likeness (QED) is 0.634. The number of esters is 1. The standard InChI is InChI=1S/C10H21NO3S/c1-5-8(6-15-4)11-7-10(2,13)9(12)14-3/h8,11,13H,5-7H2,1-4H3. The van der Waals surface area contributed by atoms with Gasteiger partial charge in [0.2, 0.25) is 0 Å². The van der Waals surface area contributed by atoms with Crippen molar-refractivity contribution >= 4 is 17.7 Å². The summed E-state index contributed by atoms with van der Waals surface area (Å²) < 4.78 is 4.51. The number of hydrogen-bond donors (Lipinski definition) is 2. The zero-order valence-electron chi connectivity index (χ0n) is 9.87. The molecule has 0 bridgehead atoms. The van der Waals surface area contributed by atoms with Crippen LogP contribution in [0.5, 0.6) is 0 Å². The van der Waals surface area contributed by atoms with Crippen LogP contribution in [0, 0.1) is 0 Å². The molecule has 0 fully saturated rings. The van der Waals surface area contributed by atoms with Gasteiger partial charge in [-0.1, -0.05) is 6.92 Å². The molecule has 0 aromatic rings. The minimum absolute atomic E-state index is 0.221. The first-order valence-electron chi connectivity index (χ1n) is 5.01. The van der Waals surface area contributed by atoms with Crippen molar-refractivity contribution in [3.05, 3.63) is 0 Å². The molecular weight excluding hydrogens is 214 g/mol. The Morgan fingerprint density at radius 1 is 1.67 bits per heavy atom. The van der Waals surface area contributed by atoms with Gasteiger partial charge in [0.25, 0.3) is 0 Å². The second kappa shape index (κ2) is 7.09. The van der Waals surface area contributed by atoms with Crippen molar-refractivity contribution in [3.63, 3.8) is 0 Å². The Labute approximate surface area is 95.8 Å². The summed E-state index contributed by atoms with van der Waals surface area (Å²) in [6.07, 6.45) is 3.00. The van der Waals surface area contributed by atoms with Crippen LogP contribution in [-0.2, 0) is 9.53 Å². The molecule has 0 aromatic carbocycles. The number of ether oxygens (including phenoxy) is 1. The van der Waals surface area contributed by atoms with E-state index in [0.29, 0.717) is 6.04 Å². The first kappa shape index (κ1) is 14.7. The van der Waals surface area contributed by atoms with E-state index in [-0.39, 0.29) is 6.54 Å². The summed E-state index contributed by atoms with van der Waals surface area (Å²) in [4.78, 5) is 11.2. The molecule has 2 atom stereocenters. The molecule has 0 amide bonds. The number of rotatable bonds is 7. The third-order valence-corrected chi connectivity index (χ3v) is 2.96. The molecule has 0 heterocycles. The number of nitrogens with one attached hydrogen (secondary N) is 1. The van der Waals surface area contributed by atoms with Gasteiger partial charge in [0.1, 0.15) is 0 Å². The summed E-state index contributed by atoms with van der Waals surface area (Å²) in [5, 5.41) is 12.9. The van der Waals surface area contributed by atoms with Crippen LogP contribution < -0.4 is 5.32 Å². The smallest absolute Gasteiger partial charge is 0.338 e. The predicted octanol–water partition coefficient (Wildman–Crippen LogP) is 0.642. The minimum Gasteiger partial charge on any atom is -0.467 e. The molecule has 0 spiro atoms. The molecule has 4 nitrogen and oxygen atoms in total. The van der Waals surface area contributed by atoms with Crippen molar-refractivity contribution in [2.45, 2.75) is 31.9 Å². The number of methoxy groups -OCH3 is 1. The van der Waals surface area contributed by atoms with Crippen LogP contribution in [0.15, 0.2) is 0 Å². The normalized spacial score (nSPS) is 16.9. The summed E-state index contributed by atoms with van der Waals surface area (Å²) in [5.41, 5.74) is -1.44. The van der Waals surface area contributed by atoms with E-state index < -0.39 is 11.6 Å². The molecule has 0 aliphatic carbocycles. The number of carbonyl (C=O) groups excluding carboxylic acids is 1. The van der Waals surface area contributed by atoms with Gasteiger partial charge in [-0.05, 0) is 19.6 Å². The molecule has 2 unspecified atom stereocenters. The van der Waals surface area contributed by atoms with E-state index in [9.17, 15) is 9.90 Å². The highest BCUT2D eigenvalue weighted by Crippen LogP contribution is 2.07. The lowest BCUT2D eigenvalue weighted by atomic mass is 10.1. The maximum absolute atomic E-state index is 11.2. The highest BCUT2D eigenvalue weighted by Gasteiger charge is 2.31. The highest BCUT2D eigenvalue weighted by molar-refractivity contribution is 7.98. The van der Waals surface area contributed by atoms with Crippen LogP contribution in [0.4, 0.5) is 0 Å². The topological polar surface area (TPSA) is 58.6 Å². The molecule has 2 N–H and O–H groups in total. The Morgan fingerprint density at radius 2 is 2.27 bits per heavy atom. The molecule has 0 rings (SSSR count).